The number of primary amides is 1. The maximum Gasteiger partial charge on any atom is 0.243 e. The molecule has 0 radical (unpaired) electrons. The highest BCUT2D eigenvalue weighted by Gasteiger charge is 2.35. The first-order valence-electron chi connectivity index (χ1n) is 25.0. The van der Waals surface area contributed by atoms with Crippen molar-refractivity contribution in [3.05, 3.63) is 101 Å². The number of aromatic nitrogens is 3. The number of imidazole rings is 1. The molecule has 0 aliphatic heterocycles. The van der Waals surface area contributed by atoms with Crippen molar-refractivity contribution in [1.29, 1.82) is 0 Å². The molecule has 2 aromatic heterocycles. The van der Waals surface area contributed by atoms with E-state index in [2.05, 4.69) is 73.1 Å². The topological polar surface area (TPSA) is 404 Å². The molecule has 406 valence electrons. The number of hydrogen-bond donors (Lipinski definition) is 12. The Morgan fingerprint density at radius 1 is 0.658 bits per heavy atom. The van der Waals surface area contributed by atoms with Gasteiger partial charge >= 0.3 is 0 Å². The molecule has 76 heavy (non-hydrogen) atoms. The first-order valence-corrected chi connectivity index (χ1v) is 25.0. The number of H-pyrrole nitrogens is 2. The number of nitrogens with two attached hydrogens (primary N) is 3. The van der Waals surface area contributed by atoms with Crippen LogP contribution in [0.1, 0.15) is 88.5 Å². The van der Waals surface area contributed by atoms with Gasteiger partial charge in [-0.2, -0.15) is 0 Å². The number of azide groups is 1. The number of terminal acetylenes is 1. The molecule has 25 nitrogen and oxygen atoms in total. The Kier molecular flexibility index (Phi) is 24.8. The fourth-order valence-electron chi connectivity index (χ4n) is 8.13. The van der Waals surface area contributed by atoms with E-state index < -0.39 is 89.6 Å². The Balaban J connectivity index is 1.68. The molecule has 4 rings (SSSR count). The summed E-state index contributed by atoms with van der Waals surface area (Å²) in [6.07, 6.45) is 11.9. The van der Waals surface area contributed by atoms with Crippen molar-refractivity contribution in [3.63, 3.8) is 0 Å². The van der Waals surface area contributed by atoms with Crippen LogP contribution in [0.15, 0.2) is 83.4 Å². The third kappa shape index (κ3) is 20.2. The summed E-state index contributed by atoms with van der Waals surface area (Å²) in [6, 6.07) is 7.01. The van der Waals surface area contributed by atoms with Crippen LogP contribution in [0.3, 0.4) is 0 Å². The Bertz CT molecular complexity index is 2690. The van der Waals surface area contributed by atoms with Gasteiger partial charge in [0.25, 0.3) is 0 Å². The zero-order chi connectivity index (χ0) is 55.4. The van der Waals surface area contributed by atoms with Gasteiger partial charge in [0, 0.05) is 79.6 Å². The summed E-state index contributed by atoms with van der Waals surface area (Å²) in [5, 5.41) is 23.2. The van der Waals surface area contributed by atoms with Crippen LogP contribution in [-0.4, -0.2) is 124 Å². The van der Waals surface area contributed by atoms with Crippen LogP contribution in [0.4, 0.5) is 0 Å². The molecule has 0 unspecified atom stereocenters. The molecule has 7 atom stereocenters. The number of carbonyl (C=O) groups excluding carboxylic acids is 8. The standard InChI is InChI=1S/C51H69N17O8/c1-4-6-19-38(61-31(3)69)45(71)63-39(21-12-13-24-60-68-55)46(72)67-43(27-34-29-56-30-59-34)50(76)65-41(25-32-16-8-7-9-17-32)48(74)64-40(22-14-23-57-51(53)54)47(73)66-42(49(75)62-37(15-5-2)44(52)70)26-33-28-58-36-20-11-10-18-35(33)36/h2,7-11,16-18,20,28-30,37-43,58H,4,6,12-15,19,21-27H2,1,3H3,(H2,52,70)(H,56,59)(H,61,69)(H,62,75)(H,63,71)(H,64,74)(H,65,76)(H,66,73)(H,67,72)(H4,53,54,57)/t37-,38-,39-,40-,41+,42-,43-/m0/s1. The second kappa shape index (κ2) is 31.6. The molecule has 4 aromatic rings. The summed E-state index contributed by atoms with van der Waals surface area (Å²) < 4.78 is 0. The van der Waals surface area contributed by atoms with Crippen molar-refractivity contribution < 1.29 is 38.4 Å². The van der Waals surface area contributed by atoms with Crippen LogP contribution >= 0.6 is 0 Å². The molecular weight excluding hydrogens is 979 g/mol. The van der Waals surface area contributed by atoms with E-state index in [9.17, 15) is 38.4 Å². The zero-order valence-electron chi connectivity index (χ0n) is 42.7. The monoisotopic (exact) mass is 1050 g/mol. The fourth-order valence-corrected chi connectivity index (χ4v) is 8.13. The summed E-state index contributed by atoms with van der Waals surface area (Å²) in [6.45, 7) is 3.38. The quantitative estimate of drug-likeness (QED) is 0.00595. The molecule has 0 saturated carbocycles. The minimum absolute atomic E-state index is 0.0503. The molecule has 0 bridgehead atoms. The number of carbonyl (C=O) groups is 8. The van der Waals surface area contributed by atoms with Crippen LogP contribution in [0.5, 0.6) is 0 Å². The van der Waals surface area contributed by atoms with E-state index in [0.717, 1.165) is 17.3 Å². The average molecular weight is 1050 g/mol. The normalized spacial score (nSPS) is 13.5. The van der Waals surface area contributed by atoms with E-state index in [-0.39, 0.29) is 64.0 Å². The molecular formula is C51H69N17O8. The Hall–Kier alpha value is -8.91. The second-order valence-corrected chi connectivity index (χ2v) is 18.0. The van der Waals surface area contributed by atoms with Crippen molar-refractivity contribution in [2.24, 2.45) is 27.3 Å². The van der Waals surface area contributed by atoms with Crippen molar-refractivity contribution in [1.82, 2.24) is 52.2 Å². The van der Waals surface area contributed by atoms with Crippen LogP contribution in [0.25, 0.3) is 21.3 Å². The van der Waals surface area contributed by atoms with Gasteiger partial charge in [-0.25, -0.2) is 4.98 Å². The number of nitrogens with zero attached hydrogens (tertiary/aromatic N) is 5. The number of guanidine groups is 1. The number of nitrogens with one attached hydrogen (secondary N) is 9. The smallest absolute Gasteiger partial charge is 0.243 e. The molecule has 2 aromatic carbocycles. The van der Waals surface area contributed by atoms with E-state index in [1.54, 1.807) is 42.6 Å². The molecule has 25 heteroatoms. The number of para-hydroxylation sites is 1. The number of amides is 8. The third-order valence-electron chi connectivity index (χ3n) is 12.1. The second-order valence-electron chi connectivity index (χ2n) is 18.0. The lowest BCUT2D eigenvalue weighted by molar-refractivity contribution is -0.135. The predicted molar refractivity (Wildman–Crippen MR) is 284 cm³/mol. The largest absolute Gasteiger partial charge is 0.370 e. The molecule has 0 saturated heterocycles. The average Bonchev–Trinajstić information content (AvgIpc) is 4.07. The highest BCUT2D eigenvalue weighted by Crippen LogP contribution is 2.20. The van der Waals surface area contributed by atoms with Crippen molar-refractivity contribution in [2.45, 2.75) is 133 Å². The van der Waals surface area contributed by atoms with Crippen LogP contribution in [0, 0.1) is 12.3 Å². The number of aromatic amines is 2. The minimum Gasteiger partial charge on any atom is -0.370 e. The summed E-state index contributed by atoms with van der Waals surface area (Å²) in [5.74, 6) is -3.88. The van der Waals surface area contributed by atoms with E-state index in [0.29, 0.717) is 42.5 Å². The summed E-state index contributed by atoms with van der Waals surface area (Å²) in [5.41, 5.74) is 27.9. The predicted octanol–water partition coefficient (Wildman–Crippen LogP) is 0.565. The van der Waals surface area contributed by atoms with Crippen LogP contribution in [-0.2, 0) is 57.6 Å². The van der Waals surface area contributed by atoms with Crippen LogP contribution in [0.2, 0.25) is 0 Å². The zero-order valence-corrected chi connectivity index (χ0v) is 42.7. The van der Waals surface area contributed by atoms with E-state index in [1.807, 2.05) is 25.1 Å². The van der Waals surface area contributed by atoms with Crippen molar-refractivity contribution in [3.8, 4) is 12.3 Å². The van der Waals surface area contributed by atoms with Gasteiger partial charge < -0.3 is 64.4 Å². The highest BCUT2D eigenvalue weighted by molar-refractivity contribution is 5.98. The van der Waals surface area contributed by atoms with Gasteiger partial charge in [0.15, 0.2) is 5.96 Å². The SMILES string of the molecule is C#CC[C@H](NC(=O)[C@H](Cc1c[nH]c2ccccc12)NC(=O)[C@H](CCCN=C(N)N)NC(=O)[C@@H](Cc1ccccc1)NC(=O)[C@H](Cc1cnc[nH]1)NC(=O)[C@H](CCCCN=[N+]=[N-])NC(=O)[C@H](CCCC)NC(C)=O)C(N)=O. The lowest BCUT2D eigenvalue weighted by Gasteiger charge is -2.28. The molecule has 2 heterocycles. The number of hydrogen-bond acceptors (Lipinski definition) is 11. The molecule has 8 amide bonds. The maximum absolute atomic E-state index is 14.7. The lowest BCUT2D eigenvalue weighted by atomic mass is 10.0. The number of fused-ring (bicyclic) bond motifs is 1. The number of rotatable bonds is 33. The maximum atomic E-state index is 14.7. The van der Waals surface area contributed by atoms with Gasteiger partial charge in [0.05, 0.1) is 6.33 Å². The molecule has 0 fully saturated rings. The van der Waals surface area contributed by atoms with Gasteiger partial charge in [-0.05, 0) is 54.8 Å². The molecule has 0 spiro atoms. The van der Waals surface area contributed by atoms with Crippen molar-refractivity contribution in [2.75, 3.05) is 13.1 Å². The van der Waals surface area contributed by atoms with E-state index in [1.165, 1.54) is 19.4 Å². The number of benzene rings is 2. The first-order chi connectivity index (χ1) is 36.5. The van der Waals surface area contributed by atoms with Gasteiger partial charge in [0.1, 0.15) is 42.3 Å². The van der Waals surface area contributed by atoms with Gasteiger partial charge in [-0.15, -0.1) is 12.3 Å². The van der Waals surface area contributed by atoms with E-state index in [4.69, 9.17) is 29.2 Å². The van der Waals surface area contributed by atoms with E-state index >= 15 is 0 Å². The van der Waals surface area contributed by atoms with Gasteiger partial charge in [-0.1, -0.05) is 79.8 Å². The summed E-state index contributed by atoms with van der Waals surface area (Å²) in [4.78, 5) is 127. The summed E-state index contributed by atoms with van der Waals surface area (Å²) in [7, 11) is 0. The van der Waals surface area contributed by atoms with Gasteiger partial charge in [-0.3, -0.25) is 43.3 Å². The lowest BCUT2D eigenvalue weighted by Crippen LogP contribution is -2.60. The molecule has 15 N–H and O–H groups in total. The third-order valence-corrected chi connectivity index (χ3v) is 12.1. The molecule has 0 aliphatic carbocycles. The number of unbranched alkanes of at least 4 members (excludes halogenated alkanes) is 2. The highest BCUT2D eigenvalue weighted by atomic mass is 16.2. The van der Waals surface area contributed by atoms with Crippen LogP contribution < -0.4 is 54.4 Å². The van der Waals surface area contributed by atoms with Crippen molar-refractivity contribution >= 4 is 64.1 Å². The molecule has 0 aliphatic rings. The number of aliphatic imine (C=N–C) groups is 1. The fraction of sp³-hybridized carbons (Fsp3) is 0.451. The first kappa shape index (κ1) is 59.7. The Morgan fingerprint density at radius 2 is 1.20 bits per heavy atom. The Morgan fingerprint density at radius 3 is 1.76 bits per heavy atom. The van der Waals surface area contributed by atoms with Gasteiger partial charge in [0.2, 0.25) is 47.3 Å². The minimum atomic E-state index is -1.40. The Labute approximate surface area is 439 Å². The summed E-state index contributed by atoms with van der Waals surface area (Å²) >= 11 is 0.